The van der Waals surface area contributed by atoms with Gasteiger partial charge >= 0.3 is 0 Å². The van der Waals surface area contributed by atoms with E-state index >= 15 is 0 Å². The average molecular weight is 200 g/mol. The molecule has 1 N–H and O–H groups in total. The summed E-state index contributed by atoms with van der Waals surface area (Å²) in [6, 6.07) is 6.53. The van der Waals surface area contributed by atoms with Gasteiger partial charge in [0.2, 0.25) is 0 Å². The first-order valence-electron chi connectivity index (χ1n) is 5.10. The largest absolute Gasteiger partial charge is 0.384 e. The van der Waals surface area contributed by atoms with Crippen molar-refractivity contribution in [1.29, 1.82) is 0 Å². The molecule has 0 fully saturated rings. The summed E-state index contributed by atoms with van der Waals surface area (Å²) in [7, 11) is 0. The fourth-order valence-electron chi connectivity index (χ4n) is 1.96. The Bertz CT molecular complexity index is 461. The molecule has 2 heterocycles. The van der Waals surface area contributed by atoms with Gasteiger partial charge in [-0.1, -0.05) is 12.1 Å². The highest BCUT2D eigenvalue weighted by molar-refractivity contribution is 5.56. The number of benzene rings is 1. The van der Waals surface area contributed by atoms with Crippen LogP contribution in [-0.4, -0.2) is 21.3 Å². The van der Waals surface area contributed by atoms with E-state index < -0.39 is 0 Å². The highest BCUT2D eigenvalue weighted by atomic mass is 15.3. The third-order valence-corrected chi connectivity index (χ3v) is 2.69. The predicted octanol–water partition coefficient (Wildman–Crippen LogP) is 1.29. The number of fused-ring (bicyclic) bond motifs is 1. The van der Waals surface area contributed by atoms with Gasteiger partial charge in [-0.2, -0.15) is 5.10 Å². The fraction of sp³-hybridized carbons (Fsp3) is 0.273. The third kappa shape index (κ3) is 1.58. The maximum Gasteiger partial charge on any atom is 0.137 e. The van der Waals surface area contributed by atoms with Crippen LogP contribution in [0.3, 0.4) is 0 Å². The summed E-state index contributed by atoms with van der Waals surface area (Å²) in [4.78, 5) is 3.93. The van der Waals surface area contributed by atoms with Crippen LogP contribution in [0, 0.1) is 0 Å². The maximum atomic E-state index is 4.09. The van der Waals surface area contributed by atoms with Crippen LogP contribution in [0.15, 0.2) is 30.9 Å². The second-order valence-electron chi connectivity index (χ2n) is 3.76. The number of aromatic nitrogens is 3. The van der Waals surface area contributed by atoms with Crippen LogP contribution in [0.5, 0.6) is 0 Å². The van der Waals surface area contributed by atoms with E-state index in [0.717, 1.165) is 19.5 Å². The Hall–Kier alpha value is -1.84. The molecular weight excluding hydrogens is 188 g/mol. The lowest BCUT2D eigenvalue weighted by atomic mass is 10.1. The quantitative estimate of drug-likeness (QED) is 0.794. The number of hydrogen-bond acceptors (Lipinski definition) is 3. The first kappa shape index (κ1) is 8.47. The molecule has 0 aliphatic carbocycles. The Morgan fingerprint density at radius 2 is 2.40 bits per heavy atom. The van der Waals surface area contributed by atoms with E-state index in [4.69, 9.17) is 0 Å². The third-order valence-electron chi connectivity index (χ3n) is 2.69. The molecule has 0 radical (unpaired) electrons. The molecule has 1 aromatic heterocycles. The molecule has 4 nitrogen and oxygen atoms in total. The lowest BCUT2D eigenvalue weighted by Gasteiger charge is -2.04. The Balaban J connectivity index is 1.87. The van der Waals surface area contributed by atoms with Crippen molar-refractivity contribution in [3.63, 3.8) is 0 Å². The van der Waals surface area contributed by atoms with Gasteiger partial charge in [0.25, 0.3) is 0 Å². The first-order chi connectivity index (χ1) is 7.42. The number of nitrogens with zero attached hydrogens (tertiary/aromatic N) is 3. The van der Waals surface area contributed by atoms with Gasteiger partial charge in [-0.05, 0) is 23.6 Å². The zero-order valence-corrected chi connectivity index (χ0v) is 8.35. The predicted molar refractivity (Wildman–Crippen MR) is 57.8 cm³/mol. The molecule has 4 heteroatoms. The number of anilines is 1. The van der Waals surface area contributed by atoms with Gasteiger partial charge in [0.15, 0.2) is 0 Å². The van der Waals surface area contributed by atoms with Crippen LogP contribution in [-0.2, 0) is 13.0 Å². The Morgan fingerprint density at radius 1 is 1.40 bits per heavy atom. The summed E-state index contributed by atoms with van der Waals surface area (Å²) < 4.78 is 1.84. The summed E-state index contributed by atoms with van der Waals surface area (Å²) in [6.07, 6.45) is 4.43. The van der Waals surface area contributed by atoms with Crippen LogP contribution in [0.4, 0.5) is 5.69 Å². The summed E-state index contributed by atoms with van der Waals surface area (Å²) >= 11 is 0. The normalized spacial score (nSPS) is 13.6. The second-order valence-corrected chi connectivity index (χ2v) is 3.76. The van der Waals surface area contributed by atoms with Gasteiger partial charge < -0.3 is 5.32 Å². The van der Waals surface area contributed by atoms with E-state index in [9.17, 15) is 0 Å². The smallest absolute Gasteiger partial charge is 0.137 e. The maximum absolute atomic E-state index is 4.09. The van der Waals surface area contributed by atoms with Crippen molar-refractivity contribution in [3.8, 4) is 0 Å². The molecule has 1 aliphatic rings. The van der Waals surface area contributed by atoms with Crippen molar-refractivity contribution >= 4 is 5.69 Å². The minimum atomic E-state index is 0.799. The van der Waals surface area contributed by atoms with Crippen LogP contribution >= 0.6 is 0 Å². The minimum Gasteiger partial charge on any atom is -0.384 e. The summed E-state index contributed by atoms with van der Waals surface area (Å²) in [5.41, 5.74) is 3.97. The van der Waals surface area contributed by atoms with Gasteiger partial charge in [-0.25, -0.2) is 9.67 Å². The lowest BCUT2D eigenvalue weighted by Crippen LogP contribution is -2.00. The monoisotopic (exact) mass is 200 g/mol. The van der Waals surface area contributed by atoms with E-state index in [1.165, 1.54) is 16.8 Å². The molecule has 1 aliphatic heterocycles. The molecule has 0 saturated heterocycles. The van der Waals surface area contributed by atoms with Crippen molar-refractivity contribution in [3.05, 3.63) is 42.0 Å². The molecule has 0 bridgehead atoms. The number of hydrogen-bond donors (Lipinski definition) is 1. The topological polar surface area (TPSA) is 42.7 Å². The van der Waals surface area contributed by atoms with Gasteiger partial charge in [0, 0.05) is 12.2 Å². The molecule has 0 atom stereocenters. The van der Waals surface area contributed by atoms with E-state index in [1.54, 1.807) is 12.7 Å². The molecule has 76 valence electrons. The van der Waals surface area contributed by atoms with Crippen LogP contribution in [0.2, 0.25) is 0 Å². The Labute approximate surface area is 88.0 Å². The molecule has 1 aromatic carbocycles. The SMILES string of the molecule is c1ncn(Cc2ccc3c(c2)CCN3)n1. The molecule has 0 amide bonds. The second kappa shape index (κ2) is 3.38. The Morgan fingerprint density at radius 3 is 3.27 bits per heavy atom. The summed E-state index contributed by atoms with van der Waals surface area (Å²) in [5.74, 6) is 0. The highest BCUT2D eigenvalue weighted by Crippen LogP contribution is 2.23. The molecule has 15 heavy (non-hydrogen) atoms. The first-order valence-corrected chi connectivity index (χ1v) is 5.10. The molecule has 0 spiro atoms. The van der Waals surface area contributed by atoms with Crippen LogP contribution in [0.1, 0.15) is 11.1 Å². The van der Waals surface area contributed by atoms with E-state index in [0.29, 0.717) is 0 Å². The van der Waals surface area contributed by atoms with E-state index in [-0.39, 0.29) is 0 Å². The van der Waals surface area contributed by atoms with Crippen molar-refractivity contribution in [1.82, 2.24) is 14.8 Å². The van der Waals surface area contributed by atoms with Crippen molar-refractivity contribution in [2.45, 2.75) is 13.0 Å². The van der Waals surface area contributed by atoms with Crippen molar-refractivity contribution in [2.75, 3.05) is 11.9 Å². The van der Waals surface area contributed by atoms with Crippen LogP contribution < -0.4 is 5.32 Å². The molecule has 3 rings (SSSR count). The van der Waals surface area contributed by atoms with Crippen molar-refractivity contribution in [2.24, 2.45) is 0 Å². The summed E-state index contributed by atoms with van der Waals surface area (Å²) in [6.45, 7) is 1.86. The fourth-order valence-corrected chi connectivity index (χ4v) is 1.96. The minimum absolute atomic E-state index is 0.799. The van der Waals surface area contributed by atoms with Crippen LogP contribution in [0.25, 0.3) is 0 Å². The number of nitrogens with one attached hydrogen (secondary N) is 1. The summed E-state index contributed by atoms with van der Waals surface area (Å²) in [5, 5.41) is 7.45. The molecular formula is C11H12N4. The van der Waals surface area contributed by atoms with E-state index in [2.05, 4.69) is 33.6 Å². The van der Waals surface area contributed by atoms with Gasteiger partial charge in [0.1, 0.15) is 12.7 Å². The van der Waals surface area contributed by atoms with Crippen molar-refractivity contribution < 1.29 is 0 Å². The zero-order chi connectivity index (χ0) is 10.1. The van der Waals surface area contributed by atoms with Gasteiger partial charge in [0.05, 0.1) is 6.54 Å². The average Bonchev–Trinajstić information content (AvgIpc) is 2.87. The zero-order valence-electron chi connectivity index (χ0n) is 8.35. The van der Waals surface area contributed by atoms with Gasteiger partial charge in [-0.15, -0.1) is 0 Å². The standard InChI is InChI=1S/C11H12N4/c1-2-11-10(3-4-13-11)5-9(1)6-15-8-12-7-14-15/h1-2,5,7-8,13H,3-4,6H2. The molecule has 0 saturated carbocycles. The van der Waals surface area contributed by atoms with Gasteiger partial charge in [-0.3, -0.25) is 0 Å². The number of rotatable bonds is 2. The molecule has 0 unspecified atom stereocenters. The lowest BCUT2D eigenvalue weighted by molar-refractivity contribution is 0.684. The highest BCUT2D eigenvalue weighted by Gasteiger charge is 2.09. The van der Waals surface area contributed by atoms with E-state index in [1.807, 2.05) is 4.68 Å². The Kier molecular flexibility index (Phi) is 1.91. The molecule has 2 aromatic rings.